The Morgan fingerprint density at radius 2 is 1.85 bits per heavy atom. The van der Waals surface area contributed by atoms with Crippen LogP contribution in [-0.2, 0) is 19.9 Å². The number of aliphatic imine (C=N–C) groups is 1. The van der Waals surface area contributed by atoms with Crippen molar-refractivity contribution in [3.8, 4) is 0 Å². The second-order valence-corrected chi connectivity index (χ2v) is 7.42. The van der Waals surface area contributed by atoms with Gasteiger partial charge in [0.1, 0.15) is 0 Å². The molecule has 0 aliphatic heterocycles. The van der Waals surface area contributed by atoms with Gasteiger partial charge < -0.3 is 10.6 Å². The molecule has 1 unspecified atom stereocenters. The third-order valence-corrected chi connectivity index (χ3v) is 4.84. The van der Waals surface area contributed by atoms with Crippen LogP contribution in [0.4, 0.5) is 0 Å². The van der Waals surface area contributed by atoms with Crippen molar-refractivity contribution < 1.29 is 0 Å². The maximum absolute atomic E-state index is 6.04. The van der Waals surface area contributed by atoms with E-state index in [0.717, 1.165) is 36.6 Å². The van der Waals surface area contributed by atoms with Crippen molar-refractivity contribution >= 4 is 53.1 Å². The van der Waals surface area contributed by atoms with Gasteiger partial charge in [0.2, 0.25) is 0 Å². The van der Waals surface area contributed by atoms with E-state index in [2.05, 4.69) is 41.5 Å². The molecule has 1 aromatic heterocycles. The minimum Gasteiger partial charge on any atom is -0.356 e. The molecular formula is C19H28Cl2IN5. The quantitative estimate of drug-likeness (QED) is 0.337. The fourth-order valence-corrected chi connectivity index (χ4v) is 3.55. The molecule has 0 spiro atoms. The Kier molecular flexibility index (Phi) is 9.90. The Bertz CT molecular complexity index is 768. The molecule has 0 bridgehead atoms. The second kappa shape index (κ2) is 11.1. The third-order valence-electron chi connectivity index (χ3n) is 4.40. The highest BCUT2D eigenvalue weighted by Crippen LogP contribution is 2.19. The monoisotopic (exact) mass is 523 g/mol. The summed E-state index contributed by atoms with van der Waals surface area (Å²) in [5.74, 6) is 0.782. The SMILES string of the molecule is CN=C(NCCc1cc(Cl)cc(Cl)c1)NC(C)Cc1c(C)nn(C)c1C.I. The Morgan fingerprint density at radius 3 is 2.37 bits per heavy atom. The van der Waals surface area contributed by atoms with Crippen LogP contribution in [0.15, 0.2) is 23.2 Å². The average molecular weight is 524 g/mol. The zero-order valence-electron chi connectivity index (χ0n) is 16.4. The van der Waals surface area contributed by atoms with Crippen LogP contribution in [0.2, 0.25) is 10.0 Å². The Balaban J connectivity index is 0.00000364. The van der Waals surface area contributed by atoms with Crippen molar-refractivity contribution in [2.45, 2.75) is 39.7 Å². The highest BCUT2D eigenvalue weighted by atomic mass is 127. The normalized spacial score (nSPS) is 12.5. The van der Waals surface area contributed by atoms with Crippen molar-refractivity contribution in [2.75, 3.05) is 13.6 Å². The Morgan fingerprint density at radius 1 is 1.22 bits per heavy atom. The van der Waals surface area contributed by atoms with Gasteiger partial charge in [0, 0.05) is 42.4 Å². The predicted molar refractivity (Wildman–Crippen MR) is 126 cm³/mol. The van der Waals surface area contributed by atoms with E-state index in [1.54, 1.807) is 13.1 Å². The molecule has 1 heterocycles. The molecule has 0 saturated heterocycles. The van der Waals surface area contributed by atoms with Crippen molar-refractivity contribution in [2.24, 2.45) is 12.0 Å². The lowest BCUT2D eigenvalue weighted by atomic mass is 10.1. The van der Waals surface area contributed by atoms with Gasteiger partial charge in [0.25, 0.3) is 0 Å². The molecule has 2 rings (SSSR count). The number of halogens is 3. The summed E-state index contributed by atoms with van der Waals surface area (Å²) in [6, 6.07) is 5.84. The first-order chi connectivity index (χ1) is 12.3. The first-order valence-electron chi connectivity index (χ1n) is 8.71. The zero-order valence-corrected chi connectivity index (χ0v) is 20.3. The number of rotatable bonds is 6. The van der Waals surface area contributed by atoms with Crippen LogP contribution < -0.4 is 10.6 Å². The van der Waals surface area contributed by atoms with E-state index in [9.17, 15) is 0 Å². The number of nitrogens with one attached hydrogen (secondary N) is 2. The fourth-order valence-electron chi connectivity index (χ4n) is 2.98. The highest BCUT2D eigenvalue weighted by molar-refractivity contribution is 14.0. The van der Waals surface area contributed by atoms with Crippen molar-refractivity contribution in [1.29, 1.82) is 0 Å². The number of guanidine groups is 1. The molecule has 27 heavy (non-hydrogen) atoms. The summed E-state index contributed by atoms with van der Waals surface area (Å²) in [7, 11) is 3.76. The number of hydrogen-bond donors (Lipinski definition) is 2. The maximum Gasteiger partial charge on any atom is 0.191 e. The van der Waals surface area contributed by atoms with Gasteiger partial charge in [-0.2, -0.15) is 5.10 Å². The summed E-state index contributed by atoms with van der Waals surface area (Å²) in [5.41, 5.74) is 4.67. The van der Waals surface area contributed by atoms with E-state index in [1.807, 2.05) is 23.9 Å². The van der Waals surface area contributed by atoms with Crippen LogP contribution >= 0.6 is 47.2 Å². The van der Waals surface area contributed by atoms with E-state index in [-0.39, 0.29) is 30.0 Å². The molecule has 0 aliphatic carbocycles. The molecule has 8 heteroatoms. The maximum atomic E-state index is 6.04. The lowest BCUT2D eigenvalue weighted by Gasteiger charge is -2.18. The van der Waals surface area contributed by atoms with Gasteiger partial charge in [-0.1, -0.05) is 23.2 Å². The van der Waals surface area contributed by atoms with E-state index < -0.39 is 0 Å². The van der Waals surface area contributed by atoms with Crippen molar-refractivity contribution in [3.63, 3.8) is 0 Å². The van der Waals surface area contributed by atoms with E-state index in [4.69, 9.17) is 23.2 Å². The molecule has 150 valence electrons. The first kappa shape index (κ1) is 24.0. The Labute approximate surface area is 188 Å². The standard InChI is InChI=1S/C19H27Cl2N5.HI/c1-12(8-18-13(2)25-26(5)14(18)3)24-19(22-4)23-7-6-15-9-16(20)11-17(21)10-15;/h9-12H,6-8H2,1-5H3,(H2,22,23,24);1H. The minimum absolute atomic E-state index is 0. The highest BCUT2D eigenvalue weighted by Gasteiger charge is 2.14. The van der Waals surface area contributed by atoms with E-state index >= 15 is 0 Å². The molecule has 0 amide bonds. The molecule has 1 atom stereocenters. The molecule has 2 aromatic rings. The van der Waals surface area contributed by atoms with Crippen LogP contribution in [-0.4, -0.2) is 35.4 Å². The molecule has 0 fully saturated rings. The second-order valence-electron chi connectivity index (χ2n) is 6.55. The van der Waals surface area contributed by atoms with Crippen molar-refractivity contribution in [1.82, 2.24) is 20.4 Å². The number of nitrogens with zero attached hydrogens (tertiary/aromatic N) is 3. The van der Waals surface area contributed by atoms with Gasteiger partial charge in [-0.15, -0.1) is 24.0 Å². The summed E-state index contributed by atoms with van der Waals surface area (Å²) in [6.07, 6.45) is 1.71. The van der Waals surface area contributed by atoms with E-state index in [1.165, 1.54) is 11.3 Å². The van der Waals surface area contributed by atoms with Gasteiger partial charge in [0.05, 0.1) is 5.69 Å². The molecule has 0 radical (unpaired) electrons. The lowest BCUT2D eigenvalue weighted by Crippen LogP contribution is -2.43. The molecule has 0 saturated carbocycles. The molecule has 2 N–H and O–H groups in total. The fraction of sp³-hybridized carbons (Fsp3) is 0.474. The minimum atomic E-state index is 0. The van der Waals surface area contributed by atoms with Crippen LogP contribution in [0, 0.1) is 13.8 Å². The Hall–Kier alpha value is -0.990. The molecule has 0 aliphatic rings. The summed E-state index contributed by atoms with van der Waals surface area (Å²) in [6.45, 7) is 7.05. The summed E-state index contributed by atoms with van der Waals surface area (Å²) in [4.78, 5) is 4.31. The first-order valence-corrected chi connectivity index (χ1v) is 9.47. The summed E-state index contributed by atoms with van der Waals surface area (Å²) in [5, 5.41) is 12.6. The van der Waals surface area contributed by atoms with Crippen LogP contribution in [0.3, 0.4) is 0 Å². The van der Waals surface area contributed by atoms with Gasteiger partial charge in [-0.3, -0.25) is 9.67 Å². The molecular weight excluding hydrogens is 496 g/mol. The number of benzene rings is 1. The topological polar surface area (TPSA) is 54.2 Å². The molecule has 5 nitrogen and oxygen atoms in total. The number of aryl methyl sites for hydroxylation is 2. The molecule has 1 aromatic carbocycles. The van der Waals surface area contributed by atoms with Crippen LogP contribution in [0.25, 0.3) is 0 Å². The number of aromatic nitrogens is 2. The van der Waals surface area contributed by atoms with Gasteiger partial charge >= 0.3 is 0 Å². The summed E-state index contributed by atoms with van der Waals surface area (Å²) < 4.78 is 1.93. The average Bonchev–Trinajstić information content (AvgIpc) is 2.79. The predicted octanol–water partition coefficient (Wildman–Crippen LogP) is 4.30. The van der Waals surface area contributed by atoms with Gasteiger partial charge in [-0.05, 0) is 62.9 Å². The third kappa shape index (κ3) is 7.16. The lowest BCUT2D eigenvalue weighted by molar-refractivity contribution is 0.635. The van der Waals surface area contributed by atoms with Crippen LogP contribution in [0.1, 0.15) is 29.4 Å². The number of hydrogen-bond acceptors (Lipinski definition) is 2. The summed E-state index contributed by atoms with van der Waals surface area (Å²) >= 11 is 12.1. The largest absolute Gasteiger partial charge is 0.356 e. The van der Waals surface area contributed by atoms with Gasteiger partial charge in [-0.25, -0.2) is 0 Å². The van der Waals surface area contributed by atoms with Crippen molar-refractivity contribution in [3.05, 3.63) is 50.8 Å². The van der Waals surface area contributed by atoms with Crippen LogP contribution in [0.5, 0.6) is 0 Å². The van der Waals surface area contributed by atoms with E-state index in [0.29, 0.717) is 10.0 Å². The van der Waals surface area contributed by atoms with Gasteiger partial charge in [0.15, 0.2) is 5.96 Å². The zero-order chi connectivity index (χ0) is 19.3. The smallest absolute Gasteiger partial charge is 0.191 e.